The minimum atomic E-state index is -0.540. The molecular formula is C22H15FN2O5S. The first-order chi connectivity index (χ1) is 14.8. The number of nitro groups is 1. The van der Waals surface area contributed by atoms with E-state index in [0.29, 0.717) is 22.6 Å². The van der Waals surface area contributed by atoms with Crippen LogP contribution >= 0.6 is 11.8 Å². The summed E-state index contributed by atoms with van der Waals surface area (Å²) < 4.78 is 19.6. The molecule has 156 valence electrons. The summed E-state index contributed by atoms with van der Waals surface area (Å²) in [5, 5.41) is 10.7. The second kappa shape index (κ2) is 8.19. The van der Waals surface area contributed by atoms with E-state index < -0.39 is 21.9 Å². The fourth-order valence-electron chi connectivity index (χ4n) is 3.11. The third-order valence-corrected chi connectivity index (χ3v) is 5.66. The van der Waals surface area contributed by atoms with Gasteiger partial charge in [-0.1, -0.05) is 30.3 Å². The number of halogens is 1. The van der Waals surface area contributed by atoms with E-state index in [-0.39, 0.29) is 22.7 Å². The molecule has 0 saturated carbocycles. The summed E-state index contributed by atoms with van der Waals surface area (Å²) in [5.74, 6) is -0.329. The quantitative estimate of drug-likeness (QED) is 0.295. The Balaban J connectivity index is 1.56. The highest BCUT2D eigenvalue weighted by molar-refractivity contribution is 8.18. The SMILES string of the molecule is Cc1ccc(-c2ccc(/C=C3\SC(=O)N(Cc4ccccc4F)C3=O)o2)cc1[N+](=O)[O-]. The molecule has 0 N–H and O–H groups in total. The summed E-state index contributed by atoms with van der Waals surface area (Å²) >= 11 is 0.742. The lowest BCUT2D eigenvalue weighted by Crippen LogP contribution is -2.27. The van der Waals surface area contributed by atoms with Crippen LogP contribution in [0.25, 0.3) is 17.4 Å². The number of carbonyl (C=O) groups excluding carboxylic acids is 2. The van der Waals surface area contributed by atoms with Crippen molar-refractivity contribution in [2.24, 2.45) is 0 Å². The molecule has 1 aliphatic rings. The van der Waals surface area contributed by atoms with Crippen molar-refractivity contribution in [3.8, 4) is 11.3 Å². The summed E-state index contributed by atoms with van der Waals surface area (Å²) in [5.41, 5.74) is 1.27. The molecule has 1 aromatic heterocycles. The minimum absolute atomic E-state index is 0.0234. The van der Waals surface area contributed by atoms with Gasteiger partial charge in [-0.3, -0.25) is 24.6 Å². The van der Waals surface area contributed by atoms with Gasteiger partial charge in [0.25, 0.3) is 16.8 Å². The van der Waals surface area contributed by atoms with Gasteiger partial charge in [0.15, 0.2) is 0 Å². The first-order valence-corrected chi connectivity index (χ1v) is 9.99. The average molecular weight is 438 g/mol. The Labute approximate surface area is 180 Å². The zero-order valence-corrected chi connectivity index (χ0v) is 17.0. The highest BCUT2D eigenvalue weighted by atomic mass is 32.2. The number of carbonyl (C=O) groups is 2. The fraction of sp³-hybridized carbons (Fsp3) is 0.0909. The molecule has 31 heavy (non-hydrogen) atoms. The Bertz CT molecular complexity index is 1250. The number of furan rings is 1. The van der Waals surface area contributed by atoms with Crippen LogP contribution in [-0.2, 0) is 11.3 Å². The van der Waals surface area contributed by atoms with Crippen molar-refractivity contribution in [3.05, 3.63) is 92.3 Å². The van der Waals surface area contributed by atoms with Crippen molar-refractivity contribution in [1.29, 1.82) is 0 Å². The van der Waals surface area contributed by atoms with Gasteiger partial charge in [0.05, 0.1) is 16.4 Å². The first kappa shape index (κ1) is 20.5. The van der Waals surface area contributed by atoms with Crippen LogP contribution in [0.15, 0.2) is 63.9 Å². The summed E-state index contributed by atoms with van der Waals surface area (Å²) in [4.78, 5) is 36.7. The van der Waals surface area contributed by atoms with Gasteiger partial charge in [0.2, 0.25) is 0 Å². The third kappa shape index (κ3) is 4.13. The molecule has 1 aliphatic heterocycles. The molecule has 0 aliphatic carbocycles. The van der Waals surface area contributed by atoms with E-state index in [1.54, 1.807) is 37.3 Å². The lowest BCUT2D eigenvalue weighted by Gasteiger charge is -2.12. The van der Waals surface area contributed by atoms with Crippen molar-refractivity contribution in [1.82, 2.24) is 4.90 Å². The van der Waals surface area contributed by atoms with Crippen molar-refractivity contribution >= 4 is 34.7 Å². The number of amides is 2. The normalized spacial score (nSPS) is 15.2. The third-order valence-electron chi connectivity index (χ3n) is 4.75. The van der Waals surface area contributed by atoms with Gasteiger partial charge in [0.1, 0.15) is 17.3 Å². The van der Waals surface area contributed by atoms with Gasteiger partial charge in [0, 0.05) is 28.8 Å². The zero-order chi connectivity index (χ0) is 22.1. The second-order valence-electron chi connectivity index (χ2n) is 6.82. The standard InChI is InChI=1S/C22H15FN2O5S/c1-13-6-7-14(10-18(13)25(28)29)19-9-8-16(30-19)11-20-21(26)24(22(27)31-20)12-15-4-2-3-5-17(15)23/h2-11H,12H2,1H3/b20-11-. The molecule has 1 fully saturated rings. The first-order valence-electron chi connectivity index (χ1n) is 9.17. The monoisotopic (exact) mass is 438 g/mol. The lowest BCUT2D eigenvalue weighted by molar-refractivity contribution is -0.385. The molecule has 9 heteroatoms. The van der Waals surface area contributed by atoms with E-state index in [0.717, 1.165) is 16.7 Å². The summed E-state index contributed by atoms with van der Waals surface area (Å²) in [6.07, 6.45) is 1.43. The summed E-state index contributed by atoms with van der Waals surface area (Å²) in [7, 11) is 0. The topological polar surface area (TPSA) is 93.7 Å². The Morgan fingerprint density at radius 1 is 1.16 bits per heavy atom. The van der Waals surface area contributed by atoms with Crippen molar-refractivity contribution < 1.29 is 23.3 Å². The number of nitro benzene ring substituents is 1. The number of thioether (sulfide) groups is 1. The van der Waals surface area contributed by atoms with E-state index in [1.807, 2.05) is 0 Å². The molecule has 2 amide bonds. The number of imide groups is 1. The molecule has 2 aromatic carbocycles. The predicted molar refractivity (Wildman–Crippen MR) is 113 cm³/mol. The number of aryl methyl sites for hydroxylation is 1. The predicted octanol–water partition coefficient (Wildman–Crippen LogP) is 5.54. The van der Waals surface area contributed by atoms with Gasteiger partial charge in [-0.15, -0.1) is 0 Å². The Kier molecular flexibility index (Phi) is 5.43. The van der Waals surface area contributed by atoms with E-state index in [4.69, 9.17) is 4.42 Å². The molecule has 0 radical (unpaired) electrons. The molecule has 0 spiro atoms. The highest BCUT2D eigenvalue weighted by Crippen LogP contribution is 2.35. The Hall–Kier alpha value is -3.72. The number of rotatable bonds is 5. The van der Waals surface area contributed by atoms with Crippen LogP contribution in [0.3, 0.4) is 0 Å². The molecular weight excluding hydrogens is 423 g/mol. The van der Waals surface area contributed by atoms with Gasteiger partial charge in [-0.2, -0.15) is 0 Å². The zero-order valence-electron chi connectivity index (χ0n) is 16.2. The van der Waals surface area contributed by atoms with Gasteiger partial charge in [-0.05, 0) is 36.9 Å². The van der Waals surface area contributed by atoms with E-state index in [9.17, 15) is 24.1 Å². The fourth-order valence-corrected chi connectivity index (χ4v) is 3.93. The van der Waals surface area contributed by atoms with Crippen LogP contribution in [0.1, 0.15) is 16.9 Å². The van der Waals surface area contributed by atoms with Crippen LogP contribution in [0.2, 0.25) is 0 Å². The van der Waals surface area contributed by atoms with E-state index >= 15 is 0 Å². The van der Waals surface area contributed by atoms with Crippen molar-refractivity contribution in [2.45, 2.75) is 13.5 Å². The van der Waals surface area contributed by atoms with Crippen LogP contribution in [-0.4, -0.2) is 21.0 Å². The highest BCUT2D eigenvalue weighted by Gasteiger charge is 2.35. The molecule has 0 unspecified atom stereocenters. The van der Waals surface area contributed by atoms with Crippen LogP contribution in [0.5, 0.6) is 0 Å². The minimum Gasteiger partial charge on any atom is -0.457 e. The lowest BCUT2D eigenvalue weighted by atomic mass is 10.1. The largest absolute Gasteiger partial charge is 0.457 e. The maximum Gasteiger partial charge on any atom is 0.293 e. The molecule has 0 atom stereocenters. The van der Waals surface area contributed by atoms with Gasteiger partial charge < -0.3 is 4.42 Å². The van der Waals surface area contributed by atoms with Gasteiger partial charge in [-0.25, -0.2) is 4.39 Å². The van der Waals surface area contributed by atoms with Crippen LogP contribution < -0.4 is 0 Å². The molecule has 4 rings (SSSR count). The van der Waals surface area contributed by atoms with E-state index in [1.165, 1.54) is 30.3 Å². The molecule has 7 nitrogen and oxygen atoms in total. The maximum absolute atomic E-state index is 13.9. The van der Waals surface area contributed by atoms with Gasteiger partial charge >= 0.3 is 0 Å². The second-order valence-corrected chi connectivity index (χ2v) is 7.81. The van der Waals surface area contributed by atoms with Crippen LogP contribution in [0, 0.1) is 22.9 Å². The summed E-state index contributed by atoms with van der Waals surface area (Å²) in [6, 6.07) is 13.9. The van der Waals surface area contributed by atoms with Crippen molar-refractivity contribution in [2.75, 3.05) is 0 Å². The number of hydrogen-bond donors (Lipinski definition) is 0. The van der Waals surface area contributed by atoms with Crippen LogP contribution in [0.4, 0.5) is 14.9 Å². The molecule has 1 saturated heterocycles. The number of hydrogen-bond acceptors (Lipinski definition) is 6. The average Bonchev–Trinajstić information content (AvgIpc) is 3.30. The molecule has 0 bridgehead atoms. The molecule has 2 heterocycles. The smallest absolute Gasteiger partial charge is 0.293 e. The van der Waals surface area contributed by atoms with Crippen molar-refractivity contribution in [3.63, 3.8) is 0 Å². The Morgan fingerprint density at radius 2 is 1.94 bits per heavy atom. The maximum atomic E-state index is 13.9. The number of benzene rings is 2. The molecule has 3 aromatic rings. The summed E-state index contributed by atoms with van der Waals surface area (Å²) in [6.45, 7) is 1.48. The Morgan fingerprint density at radius 3 is 2.68 bits per heavy atom. The van der Waals surface area contributed by atoms with E-state index in [2.05, 4.69) is 0 Å². The number of nitrogens with zero attached hydrogens (tertiary/aromatic N) is 2.